The number of benzene rings is 1. The van der Waals surface area contributed by atoms with Gasteiger partial charge in [0.1, 0.15) is 16.2 Å². The summed E-state index contributed by atoms with van der Waals surface area (Å²) >= 11 is 1.12. The second-order valence-corrected chi connectivity index (χ2v) is 8.49. The molecule has 0 bridgehead atoms. The van der Waals surface area contributed by atoms with E-state index in [2.05, 4.69) is 12.2 Å². The molecule has 3 aromatic rings. The molecule has 2 N–H and O–H groups in total. The average Bonchev–Trinajstić information content (AvgIpc) is 3.25. The lowest BCUT2D eigenvalue weighted by Crippen LogP contribution is -2.30. The number of carbonyl (C=O) groups is 2. The third-order valence-corrected chi connectivity index (χ3v) is 6.29. The first kappa shape index (κ1) is 23.5. The third-order valence-electron chi connectivity index (χ3n) is 5.39. The van der Waals surface area contributed by atoms with Crippen LogP contribution in [0.4, 0.5) is 5.69 Å². The number of aryl methyl sites for hydroxylation is 1. The smallest absolute Gasteiger partial charge is 0.350 e. The Hall–Kier alpha value is -3.13. The molecule has 0 aliphatic rings. The summed E-state index contributed by atoms with van der Waals surface area (Å²) in [6.45, 7) is 2.62. The van der Waals surface area contributed by atoms with Crippen molar-refractivity contribution >= 4 is 39.8 Å². The number of aromatic hydroxyl groups is 1. The van der Waals surface area contributed by atoms with Crippen LogP contribution in [0.25, 0.3) is 10.9 Å². The second-order valence-electron chi connectivity index (χ2n) is 7.57. The number of ether oxygens (including phenoxy) is 1. The molecule has 0 atom stereocenters. The summed E-state index contributed by atoms with van der Waals surface area (Å²) < 4.78 is 6.29. The van der Waals surface area contributed by atoms with Crippen molar-refractivity contribution in [2.45, 2.75) is 52.0 Å². The Labute approximate surface area is 190 Å². The van der Waals surface area contributed by atoms with Crippen LogP contribution in [0.15, 0.2) is 40.5 Å². The maximum atomic E-state index is 13.3. The first-order valence-corrected chi connectivity index (χ1v) is 11.7. The molecular weight excluding hydrogens is 428 g/mol. The average molecular weight is 457 g/mol. The number of carbonyl (C=O) groups excluding carboxylic acids is 2. The standard InChI is InChI=1S/C24H28N2O5S/c1-3-4-5-6-7-10-14-26-18-12-9-8-11-16(18)20(27)19(23(26)29)22(28)25-17-13-15-32-21(17)24(30)31-2/h8-9,11-13,15,27H,3-7,10,14H2,1-2H3,(H,25,28). The maximum Gasteiger partial charge on any atom is 0.350 e. The van der Waals surface area contributed by atoms with Crippen LogP contribution in [-0.2, 0) is 11.3 Å². The van der Waals surface area contributed by atoms with E-state index in [4.69, 9.17) is 4.74 Å². The van der Waals surface area contributed by atoms with Gasteiger partial charge in [0.15, 0.2) is 0 Å². The van der Waals surface area contributed by atoms with Gasteiger partial charge < -0.3 is 19.7 Å². The number of fused-ring (bicyclic) bond motifs is 1. The molecule has 32 heavy (non-hydrogen) atoms. The summed E-state index contributed by atoms with van der Waals surface area (Å²) in [6, 6.07) is 8.55. The minimum atomic E-state index is -0.765. The van der Waals surface area contributed by atoms with Gasteiger partial charge in [-0.3, -0.25) is 9.59 Å². The lowest BCUT2D eigenvalue weighted by Gasteiger charge is -2.15. The van der Waals surface area contributed by atoms with Gasteiger partial charge in [-0.15, -0.1) is 11.3 Å². The molecule has 170 valence electrons. The zero-order valence-electron chi connectivity index (χ0n) is 18.3. The van der Waals surface area contributed by atoms with Crippen molar-refractivity contribution in [1.82, 2.24) is 4.57 Å². The molecule has 2 aromatic heterocycles. The monoisotopic (exact) mass is 456 g/mol. The fourth-order valence-corrected chi connectivity index (χ4v) is 4.48. The number of hydrogen-bond donors (Lipinski definition) is 2. The first-order chi connectivity index (χ1) is 15.5. The van der Waals surface area contributed by atoms with Crippen molar-refractivity contribution in [3.63, 3.8) is 0 Å². The van der Waals surface area contributed by atoms with E-state index in [9.17, 15) is 19.5 Å². The summed E-state index contributed by atoms with van der Waals surface area (Å²) in [5.74, 6) is -1.71. The maximum absolute atomic E-state index is 13.3. The number of pyridine rings is 1. The topological polar surface area (TPSA) is 97.6 Å². The van der Waals surface area contributed by atoms with Crippen LogP contribution in [0.2, 0.25) is 0 Å². The summed E-state index contributed by atoms with van der Waals surface area (Å²) in [6.07, 6.45) is 6.42. The number of methoxy groups -OCH3 is 1. The van der Waals surface area contributed by atoms with Crippen molar-refractivity contribution in [2.24, 2.45) is 0 Å². The Kier molecular flexibility index (Phi) is 8.05. The molecule has 0 aliphatic carbocycles. The number of anilines is 1. The summed E-state index contributed by atoms with van der Waals surface area (Å²) in [5, 5.41) is 15.4. The Morgan fingerprint density at radius 1 is 1.09 bits per heavy atom. The van der Waals surface area contributed by atoms with E-state index in [1.807, 2.05) is 0 Å². The molecule has 0 spiro atoms. The zero-order valence-corrected chi connectivity index (χ0v) is 19.2. The number of nitrogens with one attached hydrogen (secondary N) is 1. The highest BCUT2D eigenvalue weighted by atomic mass is 32.1. The molecule has 0 fully saturated rings. The largest absolute Gasteiger partial charge is 0.506 e. The number of para-hydroxylation sites is 1. The van der Waals surface area contributed by atoms with E-state index in [1.165, 1.54) is 26.4 Å². The number of aromatic nitrogens is 1. The van der Waals surface area contributed by atoms with E-state index in [1.54, 1.807) is 40.3 Å². The normalized spacial score (nSPS) is 10.9. The quantitative estimate of drug-likeness (QED) is 0.324. The molecule has 2 heterocycles. The van der Waals surface area contributed by atoms with Crippen LogP contribution < -0.4 is 10.9 Å². The van der Waals surface area contributed by atoms with Gasteiger partial charge in [-0.25, -0.2) is 4.79 Å². The number of amides is 1. The zero-order chi connectivity index (χ0) is 23.1. The van der Waals surface area contributed by atoms with Gasteiger partial charge in [-0.2, -0.15) is 0 Å². The van der Waals surface area contributed by atoms with Gasteiger partial charge >= 0.3 is 5.97 Å². The number of thiophene rings is 1. The van der Waals surface area contributed by atoms with E-state index in [0.29, 0.717) is 17.4 Å². The highest BCUT2D eigenvalue weighted by Gasteiger charge is 2.24. The minimum absolute atomic E-state index is 0.216. The van der Waals surface area contributed by atoms with Gasteiger partial charge in [0.2, 0.25) is 0 Å². The molecule has 1 aromatic carbocycles. The minimum Gasteiger partial charge on any atom is -0.506 e. The Balaban J connectivity index is 1.93. The van der Waals surface area contributed by atoms with Crippen LogP contribution >= 0.6 is 11.3 Å². The number of nitrogens with zero attached hydrogens (tertiary/aromatic N) is 1. The van der Waals surface area contributed by atoms with Crippen LogP contribution in [-0.4, -0.2) is 28.7 Å². The fourth-order valence-electron chi connectivity index (χ4n) is 3.71. The van der Waals surface area contributed by atoms with Crippen LogP contribution in [0.5, 0.6) is 5.75 Å². The lowest BCUT2D eigenvalue weighted by molar-refractivity contribution is 0.0607. The van der Waals surface area contributed by atoms with Crippen molar-refractivity contribution in [3.05, 3.63) is 56.5 Å². The molecule has 0 saturated carbocycles. The van der Waals surface area contributed by atoms with E-state index < -0.39 is 17.4 Å². The Morgan fingerprint density at radius 3 is 2.56 bits per heavy atom. The predicted octanol–water partition coefficient (Wildman–Crippen LogP) is 5.17. The molecule has 3 rings (SSSR count). The van der Waals surface area contributed by atoms with Gasteiger partial charge in [0.05, 0.1) is 18.3 Å². The molecule has 1 amide bonds. The first-order valence-electron chi connectivity index (χ1n) is 10.8. The SMILES string of the molecule is CCCCCCCCn1c(=O)c(C(=O)Nc2ccsc2C(=O)OC)c(O)c2ccccc21. The molecular formula is C24H28N2O5S. The van der Waals surface area contributed by atoms with Gasteiger partial charge in [0, 0.05) is 11.9 Å². The van der Waals surface area contributed by atoms with Crippen LogP contribution in [0.1, 0.15) is 65.5 Å². The predicted molar refractivity (Wildman–Crippen MR) is 127 cm³/mol. The van der Waals surface area contributed by atoms with Crippen molar-refractivity contribution in [2.75, 3.05) is 12.4 Å². The van der Waals surface area contributed by atoms with Gasteiger partial charge in [-0.05, 0) is 30.0 Å². The molecule has 0 radical (unpaired) electrons. The van der Waals surface area contributed by atoms with Crippen molar-refractivity contribution in [3.8, 4) is 5.75 Å². The Morgan fingerprint density at radius 2 is 1.81 bits per heavy atom. The summed E-state index contributed by atoms with van der Waals surface area (Å²) in [7, 11) is 1.25. The fraction of sp³-hybridized carbons (Fsp3) is 0.375. The molecule has 8 heteroatoms. The molecule has 0 aliphatic heterocycles. The molecule has 7 nitrogen and oxygen atoms in total. The van der Waals surface area contributed by atoms with Crippen LogP contribution in [0, 0.1) is 0 Å². The van der Waals surface area contributed by atoms with Gasteiger partial charge in [0.25, 0.3) is 11.5 Å². The Bertz CT molecular complexity index is 1160. The van der Waals surface area contributed by atoms with Crippen LogP contribution in [0.3, 0.4) is 0 Å². The summed E-state index contributed by atoms with van der Waals surface area (Å²) in [5.41, 5.74) is -0.0639. The third kappa shape index (κ3) is 5.02. The number of unbranched alkanes of at least 4 members (excludes halogenated alkanes) is 5. The lowest BCUT2D eigenvalue weighted by atomic mass is 10.1. The van der Waals surface area contributed by atoms with Gasteiger partial charge in [-0.1, -0.05) is 51.2 Å². The van der Waals surface area contributed by atoms with Crippen molar-refractivity contribution in [1.29, 1.82) is 0 Å². The molecule has 0 unspecified atom stereocenters. The van der Waals surface area contributed by atoms with E-state index >= 15 is 0 Å². The van der Waals surface area contributed by atoms with E-state index in [0.717, 1.165) is 30.6 Å². The highest BCUT2D eigenvalue weighted by Crippen LogP contribution is 2.29. The van der Waals surface area contributed by atoms with E-state index in [-0.39, 0.29) is 21.9 Å². The number of rotatable bonds is 10. The van der Waals surface area contributed by atoms with Crippen molar-refractivity contribution < 1.29 is 19.4 Å². The summed E-state index contributed by atoms with van der Waals surface area (Å²) in [4.78, 5) is 38.4. The second kappa shape index (κ2) is 10.9. The highest BCUT2D eigenvalue weighted by molar-refractivity contribution is 7.12. The number of esters is 1. The number of hydrogen-bond acceptors (Lipinski definition) is 6. The molecule has 0 saturated heterocycles.